The second-order valence-electron chi connectivity index (χ2n) is 6.70. The molecular formula is C21H20FN3O2. The highest BCUT2D eigenvalue weighted by molar-refractivity contribution is 6.00. The van der Waals surface area contributed by atoms with E-state index < -0.39 is 0 Å². The highest BCUT2D eigenvalue weighted by atomic mass is 19.1. The van der Waals surface area contributed by atoms with E-state index in [2.05, 4.69) is 4.98 Å². The summed E-state index contributed by atoms with van der Waals surface area (Å²) in [4.78, 5) is 19.1. The minimum Gasteiger partial charge on any atom is -0.436 e. The monoisotopic (exact) mass is 365 g/mol. The van der Waals surface area contributed by atoms with E-state index in [9.17, 15) is 9.18 Å². The zero-order valence-corrected chi connectivity index (χ0v) is 14.8. The molecule has 6 heteroatoms. The van der Waals surface area contributed by atoms with Crippen LogP contribution in [-0.2, 0) is 0 Å². The van der Waals surface area contributed by atoms with E-state index in [-0.39, 0.29) is 11.7 Å². The Morgan fingerprint density at radius 2 is 1.93 bits per heavy atom. The van der Waals surface area contributed by atoms with Gasteiger partial charge in [-0.25, -0.2) is 9.37 Å². The van der Waals surface area contributed by atoms with E-state index in [1.165, 1.54) is 12.3 Å². The van der Waals surface area contributed by atoms with Crippen molar-refractivity contribution in [3.05, 3.63) is 66.1 Å². The zero-order valence-electron chi connectivity index (χ0n) is 14.8. The highest BCUT2D eigenvalue weighted by Crippen LogP contribution is 2.30. The fourth-order valence-corrected chi connectivity index (χ4v) is 3.42. The summed E-state index contributed by atoms with van der Waals surface area (Å²) in [5.41, 5.74) is 7.19. The first kappa shape index (κ1) is 17.4. The number of rotatable bonds is 4. The minimum atomic E-state index is -0.380. The first-order chi connectivity index (χ1) is 13.2. The van der Waals surface area contributed by atoms with Crippen molar-refractivity contribution in [1.29, 1.82) is 0 Å². The summed E-state index contributed by atoms with van der Waals surface area (Å²) in [6.45, 7) is 1.94. The van der Waals surface area contributed by atoms with E-state index >= 15 is 0 Å². The van der Waals surface area contributed by atoms with Crippen LogP contribution in [0.1, 0.15) is 16.8 Å². The molecule has 2 aromatic carbocycles. The molecule has 27 heavy (non-hydrogen) atoms. The lowest BCUT2D eigenvalue weighted by Crippen LogP contribution is -2.30. The second kappa shape index (κ2) is 7.32. The van der Waals surface area contributed by atoms with Crippen molar-refractivity contribution in [2.24, 2.45) is 11.7 Å². The highest BCUT2D eigenvalue weighted by Gasteiger charge is 2.28. The van der Waals surface area contributed by atoms with E-state index in [1.54, 1.807) is 30.3 Å². The number of amides is 1. The Morgan fingerprint density at radius 1 is 1.19 bits per heavy atom. The van der Waals surface area contributed by atoms with Crippen molar-refractivity contribution in [3.8, 4) is 22.8 Å². The van der Waals surface area contributed by atoms with E-state index in [0.29, 0.717) is 53.9 Å². The lowest BCUT2D eigenvalue weighted by molar-refractivity contribution is 0.0788. The van der Waals surface area contributed by atoms with Gasteiger partial charge in [0.05, 0.1) is 17.3 Å². The molecule has 1 aromatic heterocycles. The number of carbonyl (C=O) groups excluding carboxylic acids is 1. The molecule has 0 bridgehead atoms. The Kier molecular flexibility index (Phi) is 4.73. The zero-order chi connectivity index (χ0) is 18.8. The third-order valence-electron chi connectivity index (χ3n) is 4.94. The molecule has 0 aliphatic carbocycles. The number of hydrogen-bond acceptors (Lipinski definition) is 4. The van der Waals surface area contributed by atoms with Gasteiger partial charge in [0, 0.05) is 18.7 Å². The average molecular weight is 365 g/mol. The molecule has 0 radical (unpaired) electrons. The maximum Gasteiger partial charge on any atom is 0.254 e. The molecule has 1 fully saturated rings. The number of benzene rings is 2. The van der Waals surface area contributed by atoms with Crippen LogP contribution in [-0.4, -0.2) is 35.4 Å². The van der Waals surface area contributed by atoms with Crippen LogP contribution in [0.3, 0.4) is 0 Å². The average Bonchev–Trinajstić information content (AvgIpc) is 3.37. The van der Waals surface area contributed by atoms with E-state index in [0.717, 1.165) is 6.42 Å². The van der Waals surface area contributed by atoms with Crippen LogP contribution in [0.5, 0.6) is 0 Å². The quantitative estimate of drug-likeness (QED) is 0.767. The summed E-state index contributed by atoms with van der Waals surface area (Å²) in [5.74, 6) is 0.527. The van der Waals surface area contributed by atoms with Crippen LogP contribution < -0.4 is 5.73 Å². The Hall–Kier alpha value is -2.99. The molecule has 138 valence electrons. The van der Waals surface area contributed by atoms with Gasteiger partial charge < -0.3 is 15.1 Å². The number of hydrogen-bond donors (Lipinski definition) is 1. The van der Waals surface area contributed by atoms with Crippen LogP contribution >= 0.6 is 0 Å². The third kappa shape index (κ3) is 3.36. The molecule has 5 nitrogen and oxygen atoms in total. The van der Waals surface area contributed by atoms with Crippen molar-refractivity contribution in [2.45, 2.75) is 6.42 Å². The van der Waals surface area contributed by atoms with Crippen LogP contribution in [0.15, 0.2) is 59.1 Å². The molecule has 0 saturated carbocycles. The number of halogens is 1. The molecule has 1 saturated heterocycles. The number of carbonyl (C=O) groups is 1. The Labute approximate surface area is 156 Å². The Morgan fingerprint density at radius 3 is 2.67 bits per heavy atom. The van der Waals surface area contributed by atoms with Crippen LogP contribution in [0.4, 0.5) is 4.39 Å². The fourth-order valence-electron chi connectivity index (χ4n) is 3.42. The first-order valence-corrected chi connectivity index (χ1v) is 8.97. The smallest absolute Gasteiger partial charge is 0.254 e. The van der Waals surface area contributed by atoms with Crippen molar-refractivity contribution < 1.29 is 13.6 Å². The summed E-state index contributed by atoms with van der Waals surface area (Å²) in [5, 5.41) is 0. The number of nitrogens with two attached hydrogens (primary N) is 1. The van der Waals surface area contributed by atoms with Crippen molar-refractivity contribution in [2.75, 3.05) is 19.6 Å². The van der Waals surface area contributed by atoms with Gasteiger partial charge in [-0.15, -0.1) is 0 Å². The summed E-state index contributed by atoms with van der Waals surface area (Å²) >= 11 is 0. The maximum atomic E-state index is 14.0. The Balaban J connectivity index is 1.66. The number of oxazole rings is 1. The van der Waals surface area contributed by atoms with Crippen molar-refractivity contribution >= 4 is 5.91 Å². The number of nitrogens with zero attached hydrogens (tertiary/aromatic N) is 2. The molecular weight excluding hydrogens is 345 g/mol. The second-order valence-corrected chi connectivity index (χ2v) is 6.70. The lowest BCUT2D eigenvalue weighted by Gasteiger charge is -2.17. The minimum absolute atomic E-state index is 0.0628. The molecule has 4 rings (SSSR count). The van der Waals surface area contributed by atoms with Crippen LogP contribution in [0.25, 0.3) is 22.8 Å². The molecule has 1 aliphatic rings. The molecule has 3 aromatic rings. The summed E-state index contributed by atoms with van der Waals surface area (Å²) in [6, 6.07) is 13.6. The molecule has 1 amide bonds. The normalized spacial score (nSPS) is 16.7. The van der Waals surface area contributed by atoms with Crippen LogP contribution in [0, 0.1) is 11.7 Å². The molecule has 0 unspecified atom stereocenters. The lowest BCUT2D eigenvalue weighted by atomic mass is 10.1. The molecule has 0 spiro atoms. The topological polar surface area (TPSA) is 72.4 Å². The Bertz CT molecular complexity index is 969. The maximum absolute atomic E-state index is 14.0. The van der Waals surface area contributed by atoms with Gasteiger partial charge in [-0.3, -0.25) is 4.79 Å². The summed E-state index contributed by atoms with van der Waals surface area (Å²) in [7, 11) is 0. The van der Waals surface area contributed by atoms with Gasteiger partial charge in [0.15, 0.2) is 5.76 Å². The largest absolute Gasteiger partial charge is 0.436 e. The van der Waals surface area contributed by atoms with Gasteiger partial charge >= 0.3 is 0 Å². The van der Waals surface area contributed by atoms with Gasteiger partial charge in [-0.1, -0.05) is 24.3 Å². The van der Waals surface area contributed by atoms with E-state index in [4.69, 9.17) is 10.2 Å². The van der Waals surface area contributed by atoms with Crippen molar-refractivity contribution in [3.63, 3.8) is 0 Å². The van der Waals surface area contributed by atoms with Gasteiger partial charge in [0.1, 0.15) is 5.82 Å². The molecule has 2 N–H and O–H groups in total. The molecule has 1 atom stereocenters. The van der Waals surface area contributed by atoms with Gasteiger partial charge in [-0.05, 0) is 43.1 Å². The van der Waals surface area contributed by atoms with Crippen LogP contribution in [0.2, 0.25) is 0 Å². The molecule has 2 heterocycles. The molecule has 1 aliphatic heterocycles. The van der Waals surface area contributed by atoms with Gasteiger partial charge in [0.25, 0.3) is 5.91 Å². The predicted octanol–water partition coefficient (Wildman–Crippen LogP) is 3.57. The number of likely N-dealkylation sites (tertiary alicyclic amines) is 1. The van der Waals surface area contributed by atoms with Gasteiger partial charge in [0.2, 0.25) is 5.89 Å². The predicted molar refractivity (Wildman–Crippen MR) is 100 cm³/mol. The van der Waals surface area contributed by atoms with Gasteiger partial charge in [-0.2, -0.15) is 0 Å². The summed E-state index contributed by atoms with van der Waals surface area (Å²) in [6.07, 6.45) is 2.40. The fraction of sp³-hybridized carbons (Fsp3) is 0.238. The first-order valence-electron chi connectivity index (χ1n) is 8.97. The summed E-state index contributed by atoms with van der Waals surface area (Å²) < 4.78 is 19.8. The number of aromatic nitrogens is 1. The van der Waals surface area contributed by atoms with E-state index in [1.807, 2.05) is 17.0 Å². The van der Waals surface area contributed by atoms with Crippen molar-refractivity contribution in [1.82, 2.24) is 9.88 Å². The standard InChI is InChI=1S/C21H20FN3O2/c22-18-8-4-3-7-17(18)19-12-24-20(27-19)15-5-1-2-6-16(15)21(26)25-10-9-14(11-23)13-25/h1-8,12,14H,9-11,13,23H2/t14-/m0/s1. The SMILES string of the molecule is NC[C@@H]1CCN(C(=O)c2ccccc2-c2ncc(-c3ccccc3F)o2)C1. The third-order valence-corrected chi connectivity index (χ3v) is 4.94.